The molecule has 9 heteroatoms. The summed E-state index contributed by atoms with van der Waals surface area (Å²) >= 11 is 0. The molecule has 2 aromatic rings. The van der Waals surface area contributed by atoms with Crippen LogP contribution in [0.2, 0.25) is 0 Å². The zero-order valence-electron chi connectivity index (χ0n) is 18.5. The average molecular weight is 443 g/mol. The molecule has 0 aliphatic rings. The maximum atomic E-state index is 12.4. The van der Waals surface area contributed by atoms with E-state index < -0.39 is 24.0 Å². The molecule has 0 aliphatic carbocycles. The minimum Gasteiger partial charge on any atom is -0.391 e. The molecule has 0 saturated heterocycles. The first-order valence-corrected chi connectivity index (χ1v) is 10.4. The van der Waals surface area contributed by atoms with E-state index in [0.717, 1.165) is 24.2 Å². The number of benzene rings is 2. The molecule has 3 amide bonds. The van der Waals surface area contributed by atoms with Gasteiger partial charge in [-0.15, -0.1) is 0 Å². The molecule has 0 spiro atoms. The Morgan fingerprint density at radius 3 is 1.94 bits per heavy atom. The van der Waals surface area contributed by atoms with Crippen molar-refractivity contribution in [1.82, 2.24) is 15.7 Å². The number of aliphatic hydroxyl groups is 1. The van der Waals surface area contributed by atoms with Crippen LogP contribution in [0.4, 0.5) is 5.69 Å². The summed E-state index contributed by atoms with van der Waals surface area (Å²) in [6.07, 6.45) is -1.18. The van der Waals surface area contributed by atoms with Crippen LogP contribution in [-0.2, 0) is 9.59 Å². The Labute approximate surface area is 187 Å². The molecule has 0 heterocycles. The minimum atomic E-state index is -1.28. The van der Waals surface area contributed by atoms with Crippen molar-refractivity contribution in [2.45, 2.75) is 32.9 Å². The Balaban J connectivity index is 2.02. The summed E-state index contributed by atoms with van der Waals surface area (Å²) in [6, 6.07) is 12.8. The Morgan fingerprint density at radius 1 is 0.938 bits per heavy atom. The summed E-state index contributed by atoms with van der Waals surface area (Å²) in [5, 5.41) is 23.6. The first-order valence-electron chi connectivity index (χ1n) is 10.4. The second kappa shape index (κ2) is 11.9. The van der Waals surface area contributed by atoms with Gasteiger partial charge in [-0.25, -0.2) is 5.48 Å². The Bertz CT molecular complexity index is 909. The Morgan fingerprint density at radius 2 is 1.47 bits per heavy atom. The van der Waals surface area contributed by atoms with Crippen LogP contribution in [0.15, 0.2) is 48.5 Å². The topological polar surface area (TPSA) is 131 Å². The van der Waals surface area contributed by atoms with Gasteiger partial charge in [-0.1, -0.05) is 38.1 Å². The molecule has 2 aromatic carbocycles. The first-order chi connectivity index (χ1) is 15.3. The van der Waals surface area contributed by atoms with Crippen molar-refractivity contribution in [3.63, 3.8) is 0 Å². The van der Waals surface area contributed by atoms with Crippen LogP contribution < -0.4 is 16.1 Å². The van der Waals surface area contributed by atoms with E-state index in [4.69, 9.17) is 5.21 Å². The van der Waals surface area contributed by atoms with Crippen LogP contribution in [-0.4, -0.2) is 64.7 Å². The lowest BCUT2D eigenvalue weighted by Crippen LogP contribution is -2.51. The van der Waals surface area contributed by atoms with Gasteiger partial charge in [-0.2, -0.15) is 0 Å². The normalized spacial score (nSPS) is 12.7. The van der Waals surface area contributed by atoms with E-state index in [1.54, 1.807) is 24.3 Å². The monoisotopic (exact) mass is 442 g/mol. The van der Waals surface area contributed by atoms with E-state index in [0.29, 0.717) is 17.8 Å². The second-order valence-corrected chi connectivity index (χ2v) is 7.33. The first kappa shape index (κ1) is 25.0. The fraction of sp³-hybridized carbons (Fsp3) is 0.348. The zero-order chi connectivity index (χ0) is 23.7. The van der Waals surface area contributed by atoms with Crippen LogP contribution in [0.1, 0.15) is 31.1 Å². The second-order valence-electron chi connectivity index (χ2n) is 7.33. The number of amides is 3. The molecule has 0 aliphatic heterocycles. The average Bonchev–Trinajstić information content (AvgIpc) is 2.80. The summed E-state index contributed by atoms with van der Waals surface area (Å²) in [7, 11) is 0. The highest BCUT2D eigenvalue weighted by Crippen LogP contribution is 2.22. The fourth-order valence-electron chi connectivity index (χ4n) is 3.11. The third-order valence-electron chi connectivity index (χ3n) is 5.07. The van der Waals surface area contributed by atoms with Gasteiger partial charge in [0.15, 0.2) is 0 Å². The molecule has 0 aromatic heterocycles. The number of nitrogens with zero attached hydrogens (tertiary/aromatic N) is 1. The number of likely N-dealkylation sites (N-methyl/N-ethyl adjacent to an activating group) is 1. The molecule has 5 N–H and O–H groups in total. The van der Waals surface area contributed by atoms with Gasteiger partial charge < -0.3 is 15.7 Å². The molecule has 0 bridgehead atoms. The highest BCUT2D eigenvalue weighted by molar-refractivity contribution is 5.98. The van der Waals surface area contributed by atoms with Gasteiger partial charge in [0.2, 0.25) is 5.91 Å². The number of hydrogen-bond acceptors (Lipinski definition) is 6. The zero-order valence-corrected chi connectivity index (χ0v) is 18.5. The van der Waals surface area contributed by atoms with E-state index in [1.807, 2.05) is 43.0 Å². The Kier molecular flexibility index (Phi) is 9.33. The summed E-state index contributed by atoms with van der Waals surface area (Å²) in [4.78, 5) is 38.1. The molecular formula is C23H30N4O5. The van der Waals surface area contributed by atoms with Crippen LogP contribution in [0.3, 0.4) is 0 Å². The number of nitrogens with one attached hydrogen (secondary N) is 3. The lowest BCUT2D eigenvalue weighted by atomic mass is 10.0. The smallest absolute Gasteiger partial charge is 0.268 e. The van der Waals surface area contributed by atoms with Crippen LogP contribution >= 0.6 is 0 Å². The summed E-state index contributed by atoms with van der Waals surface area (Å²) < 4.78 is 0. The Hall–Kier alpha value is -3.27. The lowest BCUT2D eigenvalue weighted by molar-refractivity contribution is -0.133. The lowest BCUT2D eigenvalue weighted by Gasteiger charge is -2.19. The van der Waals surface area contributed by atoms with Gasteiger partial charge in [0.05, 0.1) is 12.6 Å². The molecule has 0 saturated carbocycles. The number of hydrogen-bond donors (Lipinski definition) is 5. The molecule has 0 fully saturated rings. The van der Waals surface area contributed by atoms with Crippen molar-refractivity contribution in [2.24, 2.45) is 0 Å². The van der Waals surface area contributed by atoms with E-state index in [1.165, 1.54) is 12.4 Å². The van der Waals surface area contributed by atoms with Crippen molar-refractivity contribution in [3.05, 3.63) is 54.1 Å². The summed E-state index contributed by atoms with van der Waals surface area (Å²) in [5.41, 5.74) is 4.19. The molecule has 32 heavy (non-hydrogen) atoms. The third kappa shape index (κ3) is 6.88. The van der Waals surface area contributed by atoms with Gasteiger partial charge in [0.25, 0.3) is 11.8 Å². The number of hydroxylamine groups is 1. The van der Waals surface area contributed by atoms with Gasteiger partial charge in [-0.3, -0.25) is 24.5 Å². The highest BCUT2D eigenvalue weighted by atomic mass is 16.5. The molecule has 2 rings (SSSR count). The van der Waals surface area contributed by atoms with Crippen molar-refractivity contribution in [2.75, 3.05) is 25.0 Å². The van der Waals surface area contributed by atoms with Gasteiger partial charge in [-0.05, 0) is 55.4 Å². The number of aliphatic hydroxyl groups excluding tert-OH is 1. The van der Waals surface area contributed by atoms with Crippen LogP contribution in [0, 0.1) is 0 Å². The van der Waals surface area contributed by atoms with E-state index in [-0.39, 0.29) is 5.91 Å². The van der Waals surface area contributed by atoms with Gasteiger partial charge >= 0.3 is 0 Å². The van der Waals surface area contributed by atoms with Crippen molar-refractivity contribution >= 4 is 23.4 Å². The molecular weight excluding hydrogens is 412 g/mol. The summed E-state index contributed by atoms with van der Waals surface area (Å²) in [5.74, 6) is -1.53. The van der Waals surface area contributed by atoms with Gasteiger partial charge in [0, 0.05) is 11.3 Å². The van der Waals surface area contributed by atoms with E-state index in [2.05, 4.69) is 10.6 Å². The van der Waals surface area contributed by atoms with Gasteiger partial charge in [0.1, 0.15) is 6.04 Å². The molecule has 0 unspecified atom stereocenters. The third-order valence-corrected chi connectivity index (χ3v) is 5.07. The maximum absolute atomic E-state index is 12.4. The predicted molar refractivity (Wildman–Crippen MR) is 121 cm³/mol. The minimum absolute atomic E-state index is 0.0674. The highest BCUT2D eigenvalue weighted by Gasteiger charge is 2.25. The largest absolute Gasteiger partial charge is 0.391 e. The predicted octanol–water partition coefficient (Wildman–Crippen LogP) is 1.62. The molecule has 172 valence electrons. The molecule has 9 nitrogen and oxygen atoms in total. The van der Waals surface area contributed by atoms with Crippen LogP contribution in [0.25, 0.3) is 11.1 Å². The molecule has 0 radical (unpaired) electrons. The van der Waals surface area contributed by atoms with Crippen molar-refractivity contribution < 1.29 is 24.7 Å². The number of carbonyl (C=O) groups excluding carboxylic acids is 3. The number of anilines is 1. The molecule has 2 atom stereocenters. The standard InChI is InChI=1S/C23H30N4O5/c1-4-27(5-2)14-20(29)24-19-12-10-17(11-13-19)16-6-8-18(9-7-16)22(30)25-21(15(3)28)23(31)26-32/h6-13,15,21,28,32H,4-5,14H2,1-3H3,(H,24,29)(H,25,30)(H,26,31)/t15-,21+/m1/s1. The van der Waals surface area contributed by atoms with E-state index in [9.17, 15) is 19.5 Å². The fourth-order valence-corrected chi connectivity index (χ4v) is 3.11. The number of rotatable bonds is 10. The SMILES string of the molecule is CCN(CC)CC(=O)Nc1ccc(-c2ccc(C(=O)N[C@H](C(=O)NO)[C@@H](C)O)cc2)cc1. The summed E-state index contributed by atoms with van der Waals surface area (Å²) in [6.45, 7) is 7.32. The maximum Gasteiger partial charge on any atom is 0.268 e. The van der Waals surface area contributed by atoms with Crippen molar-refractivity contribution in [3.8, 4) is 11.1 Å². The van der Waals surface area contributed by atoms with Crippen molar-refractivity contribution in [1.29, 1.82) is 0 Å². The number of carbonyl (C=O) groups is 3. The van der Waals surface area contributed by atoms with Crippen LogP contribution in [0.5, 0.6) is 0 Å². The quantitative estimate of drug-likeness (QED) is 0.281. The van der Waals surface area contributed by atoms with E-state index >= 15 is 0 Å².